The molecular weight excluding hydrogens is 280 g/mol. The largest absolute Gasteiger partial charge is 0.483 e. The van der Waals surface area contributed by atoms with E-state index >= 15 is 0 Å². The summed E-state index contributed by atoms with van der Waals surface area (Å²) in [5, 5.41) is 3.79. The van der Waals surface area contributed by atoms with Gasteiger partial charge in [0.1, 0.15) is 11.5 Å². The Morgan fingerprint density at radius 2 is 2.23 bits per heavy atom. The number of carbonyl (C=O) groups is 1. The van der Waals surface area contributed by atoms with Crippen molar-refractivity contribution in [3.8, 4) is 5.75 Å². The smallest absolute Gasteiger partial charge is 0.277 e. The van der Waals surface area contributed by atoms with Gasteiger partial charge in [0.2, 0.25) is 0 Å². The first kappa shape index (κ1) is 15.6. The van der Waals surface area contributed by atoms with Crippen molar-refractivity contribution in [1.29, 1.82) is 0 Å². The highest BCUT2D eigenvalue weighted by atomic mass is 16.5. The zero-order valence-corrected chi connectivity index (χ0v) is 12.6. The van der Waals surface area contributed by atoms with Crippen LogP contribution in [0.5, 0.6) is 5.75 Å². The van der Waals surface area contributed by atoms with Crippen molar-refractivity contribution in [2.24, 2.45) is 5.10 Å². The van der Waals surface area contributed by atoms with Crippen molar-refractivity contribution in [2.75, 3.05) is 6.61 Å². The van der Waals surface area contributed by atoms with E-state index in [4.69, 9.17) is 9.15 Å². The van der Waals surface area contributed by atoms with Gasteiger partial charge in [-0.2, -0.15) is 5.10 Å². The summed E-state index contributed by atoms with van der Waals surface area (Å²) in [6, 6.07) is 9.47. The Bertz CT molecular complexity index is 673. The molecule has 0 aliphatic heterocycles. The van der Waals surface area contributed by atoms with Crippen LogP contribution < -0.4 is 10.2 Å². The minimum atomic E-state index is -0.316. The first-order valence-corrected chi connectivity index (χ1v) is 6.87. The Kier molecular flexibility index (Phi) is 5.54. The number of rotatable bonds is 6. The van der Waals surface area contributed by atoms with E-state index in [2.05, 4.69) is 10.5 Å². The molecule has 5 nitrogen and oxygen atoms in total. The van der Waals surface area contributed by atoms with E-state index in [0.717, 1.165) is 16.9 Å². The Hall–Kier alpha value is -2.82. The van der Waals surface area contributed by atoms with Crippen molar-refractivity contribution in [3.05, 3.63) is 59.6 Å². The molecule has 1 aromatic carbocycles. The van der Waals surface area contributed by atoms with Crippen LogP contribution >= 0.6 is 0 Å². The fraction of sp³-hybridized carbons (Fsp3) is 0.176. The lowest BCUT2D eigenvalue weighted by atomic mass is 10.1. The van der Waals surface area contributed by atoms with Crippen LogP contribution in [0.25, 0.3) is 6.08 Å². The normalized spacial score (nSPS) is 11.2. The van der Waals surface area contributed by atoms with Gasteiger partial charge in [-0.05, 0) is 55.3 Å². The van der Waals surface area contributed by atoms with Crippen LogP contribution in [0.4, 0.5) is 0 Å². The summed E-state index contributed by atoms with van der Waals surface area (Å²) in [6.45, 7) is 3.83. The number of allylic oxidation sites excluding steroid dienone is 1. The molecule has 0 bridgehead atoms. The molecule has 0 aliphatic rings. The van der Waals surface area contributed by atoms with Gasteiger partial charge in [0.05, 0.1) is 6.26 Å². The molecule has 0 atom stereocenters. The van der Waals surface area contributed by atoms with E-state index in [1.807, 2.05) is 38.1 Å². The third kappa shape index (κ3) is 4.94. The maximum atomic E-state index is 11.6. The van der Waals surface area contributed by atoms with Gasteiger partial charge >= 0.3 is 0 Å². The Balaban J connectivity index is 1.75. The Morgan fingerprint density at radius 1 is 1.36 bits per heavy atom. The van der Waals surface area contributed by atoms with Crippen molar-refractivity contribution in [2.45, 2.75) is 13.8 Å². The van der Waals surface area contributed by atoms with Gasteiger partial charge in [-0.1, -0.05) is 12.1 Å². The van der Waals surface area contributed by atoms with E-state index in [9.17, 15) is 4.79 Å². The molecule has 0 saturated heterocycles. The zero-order chi connectivity index (χ0) is 15.8. The van der Waals surface area contributed by atoms with E-state index in [-0.39, 0.29) is 12.5 Å². The second kappa shape index (κ2) is 7.83. The maximum Gasteiger partial charge on any atom is 0.277 e. The van der Waals surface area contributed by atoms with Crippen molar-refractivity contribution < 1.29 is 13.9 Å². The predicted molar refractivity (Wildman–Crippen MR) is 85.8 cm³/mol. The van der Waals surface area contributed by atoms with Crippen LogP contribution in [-0.4, -0.2) is 18.7 Å². The molecule has 0 spiro atoms. The zero-order valence-electron chi connectivity index (χ0n) is 12.6. The first-order valence-electron chi connectivity index (χ1n) is 6.87. The summed E-state index contributed by atoms with van der Waals surface area (Å²) in [4.78, 5) is 11.6. The molecule has 1 amide bonds. The number of nitrogens with one attached hydrogen (secondary N) is 1. The van der Waals surface area contributed by atoms with Gasteiger partial charge in [-0.25, -0.2) is 5.43 Å². The Labute approximate surface area is 129 Å². The van der Waals surface area contributed by atoms with Crippen molar-refractivity contribution >= 4 is 18.2 Å². The quantitative estimate of drug-likeness (QED) is 0.658. The van der Waals surface area contributed by atoms with Crippen molar-refractivity contribution in [3.63, 3.8) is 0 Å². The van der Waals surface area contributed by atoms with E-state index in [0.29, 0.717) is 5.75 Å². The highest BCUT2D eigenvalue weighted by Gasteiger charge is 2.04. The van der Waals surface area contributed by atoms with Crippen LogP contribution in [0.2, 0.25) is 0 Å². The average molecular weight is 298 g/mol. The number of hydrogen-bond donors (Lipinski definition) is 1. The number of benzene rings is 1. The number of ether oxygens (including phenoxy) is 1. The molecule has 0 radical (unpaired) electrons. The second-order valence-corrected chi connectivity index (χ2v) is 4.75. The lowest BCUT2D eigenvalue weighted by molar-refractivity contribution is -0.123. The number of carbonyl (C=O) groups excluding carboxylic acids is 1. The molecule has 114 valence electrons. The van der Waals surface area contributed by atoms with Gasteiger partial charge in [0, 0.05) is 6.21 Å². The summed E-state index contributed by atoms with van der Waals surface area (Å²) in [7, 11) is 0. The van der Waals surface area contributed by atoms with Crippen LogP contribution in [0, 0.1) is 13.8 Å². The molecule has 5 heteroatoms. The Morgan fingerprint density at radius 3 is 3.00 bits per heavy atom. The molecular formula is C17H18N2O3. The predicted octanol–water partition coefficient (Wildman–Crippen LogP) is 3.09. The van der Waals surface area contributed by atoms with Gasteiger partial charge in [0.25, 0.3) is 5.91 Å². The lowest BCUT2D eigenvalue weighted by Crippen LogP contribution is -2.24. The topological polar surface area (TPSA) is 63.8 Å². The summed E-state index contributed by atoms with van der Waals surface area (Å²) < 4.78 is 10.6. The molecule has 0 saturated carbocycles. The lowest BCUT2D eigenvalue weighted by Gasteiger charge is -2.08. The monoisotopic (exact) mass is 298 g/mol. The summed E-state index contributed by atoms with van der Waals surface area (Å²) >= 11 is 0. The minimum absolute atomic E-state index is 0.0798. The number of hydrazone groups is 1. The van der Waals surface area contributed by atoms with Crippen LogP contribution in [0.15, 0.2) is 52.2 Å². The number of amides is 1. The van der Waals surface area contributed by atoms with Crippen LogP contribution in [-0.2, 0) is 4.79 Å². The molecule has 22 heavy (non-hydrogen) atoms. The molecule has 1 heterocycles. The molecule has 1 aromatic heterocycles. The highest BCUT2D eigenvalue weighted by Crippen LogP contribution is 2.18. The molecule has 1 N–H and O–H groups in total. The van der Waals surface area contributed by atoms with Crippen LogP contribution in [0.1, 0.15) is 16.9 Å². The van der Waals surface area contributed by atoms with Gasteiger partial charge in [-0.3, -0.25) is 4.79 Å². The van der Waals surface area contributed by atoms with Gasteiger partial charge in [0.15, 0.2) is 6.61 Å². The summed E-state index contributed by atoms with van der Waals surface area (Å²) in [6.07, 6.45) is 6.47. The molecule has 0 fully saturated rings. The molecule has 2 aromatic rings. The van der Waals surface area contributed by atoms with Gasteiger partial charge in [-0.15, -0.1) is 0 Å². The van der Waals surface area contributed by atoms with Crippen LogP contribution in [0.3, 0.4) is 0 Å². The molecule has 0 unspecified atom stereocenters. The van der Waals surface area contributed by atoms with E-state index in [1.165, 1.54) is 6.21 Å². The van der Waals surface area contributed by atoms with E-state index in [1.54, 1.807) is 24.5 Å². The highest BCUT2D eigenvalue weighted by molar-refractivity contribution is 5.81. The number of furan rings is 1. The fourth-order valence-corrected chi connectivity index (χ4v) is 1.71. The standard InChI is InChI=1S/C17H18N2O3/c1-13-7-8-14(2)16(11-13)22-12-17(20)19-18-9-3-5-15-6-4-10-21-15/h3-11H,12H2,1-2H3,(H,19,20)/b5-3+,18-9-. The first-order chi connectivity index (χ1) is 10.6. The van der Waals surface area contributed by atoms with E-state index < -0.39 is 0 Å². The third-order valence-corrected chi connectivity index (χ3v) is 2.86. The third-order valence-electron chi connectivity index (χ3n) is 2.86. The summed E-state index contributed by atoms with van der Waals surface area (Å²) in [5.74, 6) is 1.11. The SMILES string of the molecule is Cc1ccc(C)c(OCC(=O)N/N=C\C=C\c2ccco2)c1. The van der Waals surface area contributed by atoms with Crippen molar-refractivity contribution in [1.82, 2.24) is 5.43 Å². The summed E-state index contributed by atoms with van der Waals surface area (Å²) in [5.41, 5.74) is 4.47. The number of aryl methyl sites for hydroxylation is 2. The fourth-order valence-electron chi connectivity index (χ4n) is 1.71. The molecule has 2 rings (SSSR count). The maximum absolute atomic E-state index is 11.6. The number of nitrogens with zero attached hydrogens (tertiary/aromatic N) is 1. The van der Waals surface area contributed by atoms with Gasteiger partial charge < -0.3 is 9.15 Å². The average Bonchev–Trinajstić information content (AvgIpc) is 3.01. The second-order valence-electron chi connectivity index (χ2n) is 4.75. The number of hydrogen-bond acceptors (Lipinski definition) is 4. The minimum Gasteiger partial charge on any atom is -0.483 e. The molecule has 0 aliphatic carbocycles.